The van der Waals surface area contributed by atoms with Gasteiger partial charge in [-0.1, -0.05) is 43.3 Å². The Balaban J connectivity index is 1.25. The number of nitrogens with zero attached hydrogens (tertiary/aromatic N) is 1. The first-order valence-electron chi connectivity index (χ1n) is 12.2. The van der Waals surface area contributed by atoms with E-state index >= 15 is 0 Å². The van der Waals surface area contributed by atoms with Crippen molar-refractivity contribution < 1.29 is 23.8 Å². The van der Waals surface area contributed by atoms with Crippen LogP contribution in [-0.2, 0) is 21.6 Å². The van der Waals surface area contributed by atoms with E-state index in [2.05, 4.69) is 34.6 Å². The van der Waals surface area contributed by atoms with E-state index in [1.165, 1.54) is 0 Å². The number of nitrogens with one attached hydrogen (secondary N) is 1. The molecule has 1 aliphatic carbocycles. The van der Waals surface area contributed by atoms with E-state index in [-0.39, 0.29) is 23.3 Å². The minimum absolute atomic E-state index is 0.191. The molecule has 2 aliphatic heterocycles. The molecule has 2 N–H and O–H groups in total. The van der Waals surface area contributed by atoms with Gasteiger partial charge >= 0.3 is 5.97 Å². The Morgan fingerprint density at radius 1 is 1.00 bits per heavy atom. The van der Waals surface area contributed by atoms with Crippen LogP contribution in [-0.4, -0.2) is 28.6 Å². The summed E-state index contributed by atoms with van der Waals surface area (Å²) in [7, 11) is 0. The fraction of sp³-hybridized carbons (Fsp3) is 0.393. The van der Waals surface area contributed by atoms with Gasteiger partial charge in [0.15, 0.2) is 11.6 Å². The first-order valence-corrected chi connectivity index (χ1v) is 12.2. The number of fused-ring (bicyclic) bond motifs is 3. The summed E-state index contributed by atoms with van der Waals surface area (Å²) in [5.41, 5.74) is 3.79. The van der Waals surface area contributed by atoms with Gasteiger partial charge in [-0.3, -0.25) is 9.59 Å². The predicted molar refractivity (Wildman–Crippen MR) is 131 cm³/mol. The van der Waals surface area contributed by atoms with E-state index in [9.17, 15) is 14.7 Å². The molecular weight excluding hydrogens is 444 g/mol. The van der Waals surface area contributed by atoms with Gasteiger partial charge in [0.1, 0.15) is 5.76 Å². The number of aryl methyl sites for hydroxylation is 2. The smallest absolute Gasteiger partial charge is 0.303 e. The van der Waals surface area contributed by atoms with E-state index < -0.39 is 5.97 Å². The van der Waals surface area contributed by atoms with Crippen LogP contribution in [0.5, 0.6) is 0 Å². The summed E-state index contributed by atoms with van der Waals surface area (Å²) in [5.74, 6) is 0.0481. The Labute approximate surface area is 204 Å². The second-order valence-corrected chi connectivity index (χ2v) is 9.83. The van der Waals surface area contributed by atoms with Gasteiger partial charge in [0.2, 0.25) is 0 Å². The van der Waals surface area contributed by atoms with E-state index in [4.69, 9.17) is 9.15 Å². The molecule has 3 aliphatic rings. The number of ether oxygens (including phenoxy) is 1. The SMILES string of the molecule is CCc1nc(C(=O)Nc2ccc(-c3ccc(C45CCC(CC(=O)O)(CC4)CO5)cc3)cc2)c(C)o1. The molecule has 35 heavy (non-hydrogen) atoms. The summed E-state index contributed by atoms with van der Waals surface area (Å²) in [5, 5.41) is 12.1. The molecule has 0 radical (unpaired) electrons. The van der Waals surface area contributed by atoms with Crippen molar-refractivity contribution in [2.45, 2.75) is 58.0 Å². The number of carboxylic acids is 1. The second kappa shape index (κ2) is 8.96. The van der Waals surface area contributed by atoms with Crippen molar-refractivity contribution in [2.24, 2.45) is 5.41 Å². The highest BCUT2D eigenvalue weighted by molar-refractivity contribution is 6.03. The van der Waals surface area contributed by atoms with Gasteiger partial charge in [-0.15, -0.1) is 0 Å². The molecule has 7 heteroatoms. The molecule has 2 saturated heterocycles. The number of hydrogen-bond donors (Lipinski definition) is 2. The molecule has 2 bridgehead atoms. The Bertz CT molecular complexity index is 1220. The zero-order valence-electron chi connectivity index (χ0n) is 20.1. The van der Waals surface area contributed by atoms with Gasteiger partial charge in [-0.2, -0.15) is 0 Å². The lowest BCUT2D eigenvalue weighted by molar-refractivity contribution is -0.195. The first-order chi connectivity index (χ1) is 16.8. The van der Waals surface area contributed by atoms with E-state index in [1.54, 1.807) is 6.92 Å². The third-order valence-corrected chi connectivity index (χ3v) is 7.54. The first kappa shape index (κ1) is 23.3. The Morgan fingerprint density at radius 2 is 1.63 bits per heavy atom. The molecule has 0 unspecified atom stereocenters. The van der Waals surface area contributed by atoms with Gasteiger partial charge in [-0.05, 0) is 61.4 Å². The summed E-state index contributed by atoms with van der Waals surface area (Å²) in [6, 6.07) is 16.2. The van der Waals surface area contributed by atoms with Crippen LogP contribution in [0.4, 0.5) is 5.69 Å². The highest BCUT2D eigenvalue weighted by atomic mass is 16.5. The molecule has 2 aromatic carbocycles. The number of carbonyl (C=O) groups is 2. The molecular formula is C28H30N2O5. The molecule has 1 aromatic heterocycles. The Morgan fingerprint density at radius 3 is 2.14 bits per heavy atom. The highest BCUT2D eigenvalue weighted by Crippen LogP contribution is 2.55. The Kier molecular flexibility index (Phi) is 5.97. The van der Waals surface area contributed by atoms with Crippen LogP contribution in [0.25, 0.3) is 11.1 Å². The second-order valence-electron chi connectivity index (χ2n) is 9.83. The molecule has 0 atom stereocenters. The fourth-order valence-corrected chi connectivity index (χ4v) is 5.40. The number of aromatic nitrogens is 1. The maximum atomic E-state index is 12.6. The van der Waals surface area contributed by atoms with E-state index in [1.807, 2.05) is 31.2 Å². The lowest BCUT2D eigenvalue weighted by atomic mass is 9.63. The van der Waals surface area contributed by atoms with Crippen LogP contribution in [0.2, 0.25) is 0 Å². The molecule has 182 valence electrons. The summed E-state index contributed by atoms with van der Waals surface area (Å²) in [6.07, 6.45) is 4.33. The quantitative estimate of drug-likeness (QED) is 0.454. The van der Waals surface area contributed by atoms with Crippen molar-refractivity contribution in [1.29, 1.82) is 0 Å². The highest BCUT2D eigenvalue weighted by Gasteiger charge is 2.51. The van der Waals surface area contributed by atoms with E-state index in [0.717, 1.165) is 42.4 Å². The zero-order chi connectivity index (χ0) is 24.6. The molecule has 3 heterocycles. The van der Waals surface area contributed by atoms with Crippen molar-refractivity contribution in [1.82, 2.24) is 4.98 Å². The fourth-order valence-electron chi connectivity index (χ4n) is 5.40. The van der Waals surface area contributed by atoms with E-state index in [0.29, 0.717) is 36.1 Å². The van der Waals surface area contributed by atoms with Crippen LogP contribution in [0.1, 0.15) is 66.7 Å². The average molecular weight is 475 g/mol. The minimum Gasteiger partial charge on any atom is -0.481 e. The number of oxazole rings is 1. The monoisotopic (exact) mass is 474 g/mol. The molecule has 6 rings (SSSR count). The van der Waals surface area contributed by atoms with Crippen LogP contribution in [0, 0.1) is 12.3 Å². The van der Waals surface area contributed by atoms with Crippen LogP contribution >= 0.6 is 0 Å². The number of carboxylic acid groups (broad SMARTS) is 1. The number of aliphatic carboxylic acids is 1. The van der Waals surface area contributed by atoms with Crippen molar-refractivity contribution in [3.8, 4) is 11.1 Å². The summed E-state index contributed by atoms with van der Waals surface area (Å²) in [6.45, 7) is 4.19. The van der Waals surface area contributed by atoms with Crippen LogP contribution in [0.3, 0.4) is 0 Å². The number of anilines is 1. The molecule has 3 fully saturated rings. The van der Waals surface area contributed by atoms with Gasteiger partial charge in [-0.25, -0.2) is 4.98 Å². The molecule has 0 spiro atoms. The maximum Gasteiger partial charge on any atom is 0.303 e. The normalized spacial score (nSPS) is 23.3. The molecule has 7 nitrogen and oxygen atoms in total. The maximum absolute atomic E-state index is 12.6. The number of rotatable bonds is 7. The molecule has 1 amide bonds. The van der Waals surface area contributed by atoms with Gasteiger partial charge in [0.25, 0.3) is 5.91 Å². The number of benzene rings is 2. The molecule has 3 aromatic rings. The van der Waals surface area contributed by atoms with Crippen LogP contribution < -0.4 is 5.32 Å². The third kappa shape index (κ3) is 4.48. The number of hydrogen-bond acceptors (Lipinski definition) is 5. The summed E-state index contributed by atoms with van der Waals surface area (Å²) in [4.78, 5) is 28.1. The largest absolute Gasteiger partial charge is 0.481 e. The van der Waals surface area contributed by atoms with Gasteiger partial charge in [0.05, 0.1) is 18.6 Å². The minimum atomic E-state index is -0.739. The average Bonchev–Trinajstić information content (AvgIpc) is 3.26. The van der Waals surface area contributed by atoms with Crippen molar-refractivity contribution in [3.05, 3.63) is 71.4 Å². The molecule has 1 saturated carbocycles. The standard InChI is InChI=1S/C28H30N2O5/c1-3-23-30-25(18(2)35-23)26(33)29-22-10-6-20(7-11-22)19-4-8-21(9-5-19)28-14-12-27(13-15-28,17-34-28)16-24(31)32/h4-11H,3,12-17H2,1-2H3,(H,29,33)(H,31,32). The van der Waals surface area contributed by atoms with Crippen molar-refractivity contribution >= 4 is 17.6 Å². The van der Waals surface area contributed by atoms with Crippen molar-refractivity contribution in [2.75, 3.05) is 11.9 Å². The van der Waals surface area contributed by atoms with Crippen LogP contribution in [0.15, 0.2) is 52.9 Å². The van der Waals surface area contributed by atoms with Gasteiger partial charge in [0, 0.05) is 17.5 Å². The number of carbonyl (C=O) groups excluding carboxylic acids is 1. The summed E-state index contributed by atoms with van der Waals surface area (Å²) >= 11 is 0. The third-order valence-electron chi connectivity index (χ3n) is 7.54. The van der Waals surface area contributed by atoms with Crippen molar-refractivity contribution in [3.63, 3.8) is 0 Å². The lowest BCUT2D eigenvalue weighted by Gasteiger charge is -2.53. The topological polar surface area (TPSA) is 102 Å². The summed E-state index contributed by atoms with van der Waals surface area (Å²) < 4.78 is 11.8. The van der Waals surface area contributed by atoms with Gasteiger partial charge < -0.3 is 19.6 Å². The predicted octanol–water partition coefficient (Wildman–Crippen LogP) is 5.73. The Hall–Kier alpha value is -3.45. The zero-order valence-corrected chi connectivity index (χ0v) is 20.1. The lowest BCUT2D eigenvalue weighted by Crippen LogP contribution is -2.50. The number of amides is 1.